The summed E-state index contributed by atoms with van der Waals surface area (Å²) >= 11 is 0. The molecule has 4 N–H and O–H groups in total. The van der Waals surface area contributed by atoms with Crippen molar-refractivity contribution in [2.75, 3.05) is 11.1 Å². The molecule has 0 radical (unpaired) electrons. The van der Waals surface area contributed by atoms with Crippen molar-refractivity contribution in [3.05, 3.63) is 42.5 Å². The molecule has 0 saturated heterocycles. The summed E-state index contributed by atoms with van der Waals surface area (Å²) in [4.78, 5) is 7.12. The van der Waals surface area contributed by atoms with Crippen LogP contribution < -0.4 is 11.1 Å². The number of H-pyrrole nitrogens is 1. The number of aromatic amines is 1. The average molecular weight is 188 g/mol. The second kappa shape index (κ2) is 3.83. The molecule has 0 aliphatic rings. The summed E-state index contributed by atoms with van der Waals surface area (Å²) in [6, 6.07) is 7.64. The molecule has 0 amide bonds. The number of hydrogen-bond acceptors (Lipinski definition) is 3. The summed E-state index contributed by atoms with van der Waals surface area (Å²) in [5.74, 6) is 0.910. The van der Waals surface area contributed by atoms with Gasteiger partial charge in [-0.2, -0.15) is 0 Å². The van der Waals surface area contributed by atoms with Crippen molar-refractivity contribution in [2.24, 2.45) is 0 Å². The van der Waals surface area contributed by atoms with Crippen molar-refractivity contribution >= 4 is 11.4 Å². The molecule has 0 aliphatic carbocycles. The van der Waals surface area contributed by atoms with Crippen molar-refractivity contribution < 1.29 is 0 Å². The van der Waals surface area contributed by atoms with Gasteiger partial charge in [0.2, 0.25) is 0 Å². The van der Waals surface area contributed by atoms with E-state index in [9.17, 15) is 0 Å². The van der Waals surface area contributed by atoms with Gasteiger partial charge in [0.25, 0.3) is 0 Å². The Morgan fingerprint density at radius 3 is 3.07 bits per heavy atom. The zero-order valence-corrected chi connectivity index (χ0v) is 7.70. The van der Waals surface area contributed by atoms with Crippen LogP contribution in [0.4, 0.5) is 11.4 Å². The molecule has 4 heteroatoms. The third-order valence-electron chi connectivity index (χ3n) is 1.90. The first-order valence-electron chi connectivity index (χ1n) is 4.42. The maximum Gasteiger partial charge on any atom is 0.125 e. The number of rotatable bonds is 3. The zero-order chi connectivity index (χ0) is 9.80. The molecule has 0 bridgehead atoms. The molecule has 14 heavy (non-hydrogen) atoms. The van der Waals surface area contributed by atoms with Gasteiger partial charge in [-0.05, 0) is 18.2 Å². The number of hydrogen-bond donors (Lipinski definition) is 3. The van der Waals surface area contributed by atoms with E-state index in [2.05, 4.69) is 15.3 Å². The molecule has 2 rings (SSSR count). The van der Waals surface area contributed by atoms with Gasteiger partial charge < -0.3 is 16.0 Å². The predicted molar refractivity (Wildman–Crippen MR) is 56.8 cm³/mol. The maximum absolute atomic E-state index is 5.64. The number of nitrogens with one attached hydrogen (secondary N) is 2. The van der Waals surface area contributed by atoms with E-state index < -0.39 is 0 Å². The zero-order valence-electron chi connectivity index (χ0n) is 7.70. The highest BCUT2D eigenvalue weighted by Gasteiger charge is 1.95. The summed E-state index contributed by atoms with van der Waals surface area (Å²) in [6.07, 6.45) is 3.53. The van der Waals surface area contributed by atoms with Gasteiger partial charge >= 0.3 is 0 Å². The highest BCUT2D eigenvalue weighted by atomic mass is 15.0. The van der Waals surface area contributed by atoms with Crippen LogP contribution >= 0.6 is 0 Å². The summed E-state index contributed by atoms with van der Waals surface area (Å²) < 4.78 is 0. The SMILES string of the molecule is Nc1cccc(NCc2ncc[nH]2)c1. The van der Waals surface area contributed by atoms with Crippen molar-refractivity contribution in [2.45, 2.75) is 6.54 Å². The fourth-order valence-electron chi connectivity index (χ4n) is 1.23. The van der Waals surface area contributed by atoms with Crippen LogP contribution in [-0.2, 0) is 6.54 Å². The van der Waals surface area contributed by atoms with E-state index >= 15 is 0 Å². The number of aromatic nitrogens is 2. The number of nitrogens with zero attached hydrogens (tertiary/aromatic N) is 1. The second-order valence-corrected chi connectivity index (χ2v) is 3.01. The van der Waals surface area contributed by atoms with E-state index in [4.69, 9.17) is 5.73 Å². The molecule has 0 aliphatic heterocycles. The minimum absolute atomic E-state index is 0.677. The lowest BCUT2D eigenvalue weighted by Crippen LogP contribution is -2.01. The lowest BCUT2D eigenvalue weighted by Gasteiger charge is -2.04. The van der Waals surface area contributed by atoms with E-state index in [1.54, 1.807) is 12.4 Å². The van der Waals surface area contributed by atoms with Crippen LogP contribution in [0.1, 0.15) is 5.82 Å². The van der Waals surface area contributed by atoms with Crippen molar-refractivity contribution in [3.8, 4) is 0 Å². The molecule has 0 atom stereocenters. The Kier molecular flexibility index (Phi) is 2.36. The van der Waals surface area contributed by atoms with E-state index in [-0.39, 0.29) is 0 Å². The Morgan fingerprint density at radius 1 is 1.43 bits per heavy atom. The van der Waals surface area contributed by atoms with Gasteiger partial charge in [0.15, 0.2) is 0 Å². The van der Waals surface area contributed by atoms with Crippen LogP contribution in [0.15, 0.2) is 36.7 Å². The molecular weight excluding hydrogens is 176 g/mol. The van der Waals surface area contributed by atoms with Gasteiger partial charge in [-0.1, -0.05) is 6.07 Å². The third kappa shape index (κ3) is 2.04. The minimum Gasteiger partial charge on any atom is -0.399 e. The largest absolute Gasteiger partial charge is 0.399 e. The van der Waals surface area contributed by atoms with Crippen LogP contribution in [0.25, 0.3) is 0 Å². The Labute approximate surface area is 82.2 Å². The molecule has 4 nitrogen and oxygen atoms in total. The summed E-state index contributed by atoms with van der Waals surface area (Å²) in [5.41, 5.74) is 7.40. The Morgan fingerprint density at radius 2 is 2.36 bits per heavy atom. The van der Waals surface area contributed by atoms with Crippen LogP contribution in [0.3, 0.4) is 0 Å². The third-order valence-corrected chi connectivity index (χ3v) is 1.90. The molecule has 0 saturated carbocycles. The van der Waals surface area contributed by atoms with E-state index in [1.165, 1.54) is 0 Å². The van der Waals surface area contributed by atoms with Crippen LogP contribution in [0.5, 0.6) is 0 Å². The first kappa shape index (κ1) is 8.62. The van der Waals surface area contributed by atoms with E-state index in [0.29, 0.717) is 6.54 Å². The predicted octanol–water partition coefficient (Wildman–Crippen LogP) is 1.60. The van der Waals surface area contributed by atoms with E-state index in [0.717, 1.165) is 17.2 Å². The lowest BCUT2D eigenvalue weighted by atomic mass is 10.3. The highest BCUT2D eigenvalue weighted by Crippen LogP contribution is 2.12. The van der Waals surface area contributed by atoms with Gasteiger partial charge in [-0.15, -0.1) is 0 Å². The molecule has 0 fully saturated rings. The number of nitrogen functional groups attached to an aromatic ring is 1. The minimum atomic E-state index is 0.677. The summed E-state index contributed by atoms with van der Waals surface area (Å²) in [5, 5.41) is 3.21. The Balaban J connectivity index is 1.98. The van der Waals surface area contributed by atoms with Gasteiger partial charge in [0.1, 0.15) is 5.82 Å². The molecular formula is C10H12N4. The monoisotopic (exact) mass is 188 g/mol. The summed E-state index contributed by atoms with van der Waals surface area (Å²) in [7, 11) is 0. The van der Waals surface area contributed by atoms with Gasteiger partial charge in [-0.25, -0.2) is 4.98 Å². The van der Waals surface area contributed by atoms with Gasteiger partial charge in [-0.3, -0.25) is 0 Å². The van der Waals surface area contributed by atoms with Crippen LogP contribution in [0.2, 0.25) is 0 Å². The van der Waals surface area contributed by atoms with Crippen LogP contribution in [0, 0.1) is 0 Å². The standard InChI is InChI=1S/C10H12N4/c11-8-2-1-3-9(6-8)14-7-10-12-4-5-13-10/h1-6,14H,7,11H2,(H,12,13). The highest BCUT2D eigenvalue weighted by molar-refractivity contribution is 5.53. The lowest BCUT2D eigenvalue weighted by molar-refractivity contribution is 1.00. The molecule has 72 valence electrons. The molecule has 1 aromatic carbocycles. The van der Waals surface area contributed by atoms with Crippen molar-refractivity contribution in [1.29, 1.82) is 0 Å². The van der Waals surface area contributed by atoms with E-state index in [1.807, 2.05) is 24.3 Å². The fourth-order valence-corrected chi connectivity index (χ4v) is 1.23. The molecule has 2 aromatic rings. The fraction of sp³-hybridized carbons (Fsp3) is 0.100. The molecule has 0 unspecified atom stereocenters. The number of benzene rings is 1. The van der Waals surface area contributed by atoms with Crippen molar-refractivity contribution in [1.82, 2.24) is 9.97 Å². The maximum atomic E-state index is 5.64. The Hall–Kier alpha value is -1.97. The average Bonchev–Trinajstić information content (AvgIpc) is 2.67. The summed E-state index contributed by atoms with van der Waals surface area (Å²) in [6.45, 7) is 0.677. The Bertz CT molecular complexity index is 394. The van der Waals surface area contributed by atoms with Crippen molar-refractivity contribution in [3.63, 3.8) is 0 Å². The first-order valence-corrected chi connectivity index (χ1v) is 4.42. The number of nitrogens with two attached hydrogens (primary N) is 1. The van der Waals surface area contributed by atoms with Gasteiger partial charge in [0.05, 0.1) is 6.54 Å². The number of anilines is 2. The topological polar surface area (TPSA) is 66.7 Å². The number of imidazole rings is 1. The van der Waals surface area contributed by atoms with Crippen LogP contribution in [-0.4, -0.2) is 9.97 Å². The van der Waals surface area contributed by atoms with Gasteiger partial charge in [0, 0.05) is 23.8 Å². The first-order chi connectivity index (χ1) is 6.84. The molecule has 1 heterocycles. The molecule has 0 spiro atoms. The molecule has 1 aromatic heterocycles. The quantitative estimate of drug-likeness (QED) is 0.641. The second-order valence-electron chi connectivity index (χ2n) is 3.01. The normalized spacial score (nSPS) is 10.0. The smallest absolute Gasteiger partial charge is 0.125 e.